The predicted octanol–water partition coefficient (Wildman–Crippen LogP) is 6.39. The molecule has 0 spiro atoms. The Morgan fingerprint density at radius 3 is 1.43 bits per heavy atom. The molecule has 4 aromatic rings. The fourth-order valence-electron chi connectivity index (χ4n) is 5.67. The van der Waals surface area contributed by atoms with Gasteiger partial charge in [-0.15, -0.1) is 0 Å². The van der Waals surface area contributed by atoms with Gasteiger partial charge in [-0.2, -0.15) is 0 Å². The average molecular weight is 425 g/mol. The summed E-state index contributed by atoms with van der Waals surface area (Å²) in [6, 6.07) is 24.7. The van der Waals surface area contributed by atoms with E-state index >= 15 is 0 Å². The lowest BCUT2D eigenvalue weighted by atomic mass is 9.63. The molecule has 0 amide bonds. The lowest BCUT2D eigenvalue weighted by Crippen LogP contribution is -2.53. The third-order valence-electron chi connectivity index (χ3n) is 6.95. The summed E-state index contributed by atoms with van der Waals surface area (Å²) >= 11 is 2.97. The van der Waals surface area contributed by atoms with Gasteiger partial charge in [-0.05, 0) is 44.8 Å². The van der Waals surface area contributed by atoms with Crippen molar-refractivity contribution in [3.05, 3.63) is 95.1 Å². The smallest absolute Gasteiger partial charge is 0.219 e. The first-order valence-electron chi connectivity index (χ1n) is 10.2. The minimum atomic E-state index is 0.166. The van der Waals surface area contributed by atoms with E-state index in [-0.39, 0.29) is 32.6 Å². The van der Waals surface area contributed by atoms with Crippen LogP contribution in [0.4, 0.5) is 0 Å². The molecule has 4 heteroatoms. The minimum Gasteiger partial charge on any atom is -0.282 e. The van der Waals surface area contributed by atoms with Crippen molar-refractivity contribution in [3.63, 3.8) is 0 Å². The largest absolute Gasteiger partial charge is 0.282 e. The molecule has 7 rings (SSSR count). The highest BCUT2D eigenvalue weighted by Crippen LogP contribution is 2.66. The third kappa shape index (κ3) is 2.08. The minimum absolute atomic E-state index is 0.166. The van der Waals surface area contributed by atoms with Crippen LogP contribution < -0.4 is 0 Å². The Labute approximate surface area is 182 Å². The number of fused-ring (bicyclic) bond motifs is 12. The van der Waals surface area contributed by atoms with Crippen molar-refractivity contribution in [1.29, 1.82) is 0 Å². The predicted molar refractivity (Wildman–Crippen MR) is 125 cm³/mol. The number of hydrogen-bond donors (Lipinski definition) is 0. The molecule has 0 N–H and O–H groups in total. The molecule has 0 aromatic heterocycles. The summed E-state index contributed by atoms with van der Waals surface area (Å²) in [4.78, 5) is 26.2. The molecule has 1 saturated carbocycles. The zero-order valence-corrected chi connectivity index (χ0v) is 17.5. The summed E-state index contributed by atoms with van der Waals surface area (Å²) in [5.41, 5.74) is 3.98. The van der Waals surface area contributed by atoms with Crippen LogP contribution in [0.15, 0.2) is 72.8 Å². The van der Waals surface area contributed by atoms with Crippen LogP contribution in [0.1, 0.15) is 43.7 Å². The molecular weight excluding hydrogens is 408 g/mol. The van der Waals surface area contributed by atoms with Crippen LogP contribution in [0.2, 0.25) is 0 Å². The Bertz CT molecular complexity index is 1310. The summed E-state index contributed by atoms with van der Waals surface area (Å²) in [5.74, 6) is 0.444. The second-order valence-corrected chi connectivity index (χ2v) is 10.6. The maximum Gasteiger partial charge on any atom is 0.219 e. The lowest BCUT2D eigenvalue weighted by molar-refractivity contribution is 0.108. The van der Waals surface area contributed by atoms with E-state index in [1.807, 2.05) is 48.5 Å². The molecule has 2 heterocycles. The molecule has 0 unspecified atom stereocenters. The van der Waals surface area contributed by atoms with Crippen LogP contribution >= 0.6 is 23.5 Å². The number of carbonyl (C=O) groups excluding carboxylic acids is 2. The van der Waals surface area contributed by atoms with E-state index in [2.05, 4.69) is 24.3 Å². The first kappa shape index (κ1) is 17.2. The molecular formula is C26H16O2S2. The summed E-state index contributed by atoms with van der Waals surface area (Å²) in [6.07, 6.45) is 0. The average Bonchev–Trinajstić information content (AvgIpc) is 2.78. The Balaban J connectivity index is 1.48. The number of carbonyl (C=O) groups is 2. The topological polar surface area (TPSA) is 34.1 Å². The molecule has 0 radical (unpaired) electrons. The Morgan fingerprint density at radius 1 is 0.533 bits per heavy atom. The molecule has 3 aliphatic rings. The van der Waals surface area contributed by atoms with Crippen molar-refractivity contribution in [2.75, 3.05) is 0 Å². The molecule has 4 aromatic carbocycles. The van der Waals surface area contributed by atoms with Gasteiger partial charge in [-0.3, -0.25) is 9.59 Å². The second kappa shape index (κ2) is 5.99. The first-order chi connectivity index (χ1) is 14.7. The molecule has 0 atom stereocenters. The van der Waals surface area contributed by atoms with Gasteiger partial charge in [0.2, 0.25) is 10.2 Å². The fourth-order valence-corrected chi connectivity index (χ4v) is 8.78. The van der Waals surface area contributed by atoms with E-state index in [1.165, 1.54) is 23.5 Å². The SMILES string of the molecule is O=C1SC2C(c3c1ccc1ccccc31)C1SC(=O)c3ccc4ccccc4c3C21. The van der Waals surface area contributed by atoms with E-state index in [1.54, 1.807) is 0 Å². The highest BCUT2D eigenvalue weighted by Gasteiger charge is 2.60. The van der Waals surface area contributed by atoms with E-state index in [4.69, 9.17) is 0 Å². The van der Waals surface area contributed by atoms with Crippen molar-refractivity contribution < 1.29 is 9.59 Å². The molecule has 2 aliphatic heterocycles. The Hall–Kier alpha value is -2.56. The van der Waals surface area contributed by atoms with Gasteiger partial charge in [0, 0.05) is 33.5 Å². The second-order valence-electron chi connectivity index (χ2n) is 8.29. The fraction of sp³-hybridized carbons (Fsp3) is 0.154. The monoisotopic (exact) mass is 424 g/mol. The third-order valence-corrected chi connectivity index (χ3v) is 9.54. The molecule has 30 heavy (non-hydrogen) atoms. The summed E-state index contributed by atoms with van der Waals surface area (Å²) in [7, 11) is 0. The molecule has 144 valence electrons. The number of hydrogen-bond acceptors (Lipinski definition) is 4. The van der Waals surface area contributed by atoms with Gasteiger partial charge in [0.05, 0.1) is 0 Å². The first-order valence-corrected chi connectivity index (χ1v) is 11.9. The van der Waals surface area contributed by atoms with Crippen LogP contribution in [0.5, 0.6) is 0 Å². The van der Waals surface area contributed by atoms with Crippen molar-refractivity contribution in [3.8, 4) is 0 Å². The lowest BCUT2D eigenvalue weighted by Gasteiger charge is -2.56. The summed E-state index contributed by atoms with van der Waals surface area (Å²) in [5, 5.41) is 5.35. The van der Waals surface area contributed by atoms with Crippen molar-refractivity contribution in [2.45, 2.75) is 22.3 Å². The van der Waals surface area contributed by atoms with Crippen molar-refractivity contribution in [2.24, 2.45) is 0 Å². The Kier molecular flexibility index (Phi) is 3.43. The number of benzene rings is 4. The molecule has 0 saturated heterocycles. The zero-order chi connectivity index (χ0) is 20.0. The van der Waals surface area contributed by atoms with E-state index in [9.17, 15) is 9.59 Å². The van der Waals surface area contributed by atoms with E-state index in [0.717, 1.165) is 43.8 Å². The molecule has 1 aliphatic carbocycles. The van der Waals surface area contributed by atoms with Gasteiger partial charge in [0.1, 0.15) is 0 Å². The van der Waals surface area contributed by atoms with E-state index < -0.39 is 0 Å². The molecule has 0 bridgehead atoms. The summed E-state index contributed by atoms with van der Waals surface area (Å²) < 4.78 is 0. The molecule has 2 nitrogen and oxygen atoms in total. The quantitative estimate of drug-likeness (QED) is 0.328. The van der Waals surface area contributed by atoms with Gasteiger partial charge < -0.3 is 0 Å². The van der Waals surface area contributed by atoms with E-state index in [0.29, 0.717) is 0 Å². The number of rotatable bonds is 0. The van der Waals surface area contributed by atoms with Gasteiger partial charge in [-0.25, -0.2) is 0 Å². The zero-order valence-electron chi connectivity index (χ0n) is 15.9. The highest BCUT2D eigenvalue weighted by molar-refractivity contribution is 8.16. The van der Waals surface area contributed by atoms with Crippen LogP contribution in [-0.2, 0) is 0 Å². The van der Waals surface area contributed by atoms with Crippen molar-refractivity contribution >= 4 is 55.3 Å². The summed E-state index contributed by atoms with van der Waals surface area (Å²) in [6.45, 7) is 0. The van der Waals surface area contributed by atoms with Gasteiger partial charge in [0.15, 0.2) is 0 Å². The van der Waals surface area contributed by atoms with Crippen LogP contribution in [0.25, 0.3) is 21.5 Å². The highest BCUT2D eigenvalue weighted by atomic mass is 32.2. The Morgan fingerprint density at radius 2 is 0.967 bits per heavy atom. The van der Waals surface area contributed by atoms with Crippen molar-refractivity contribution in [1.82, 2.24) is 0 Å². The standard InChI is InChI=1S/C26H16O2S2/c27-25-17-11-9-13-5-1-3-7-15(13)19(17)21-23(29-25)22-20-16-8-4-2-6-14(16)10-12-18(20)26(28)30-24(21)22/h1-12,21-24H. The van der Waals surface area contributed by atoms with Crippen LogP contribution in [0.3, 0.4) is 0 Å². The maximum absolute atomic E-state index is 13.1. The number of thioether (sulfide) groups is 2. The van der Waals surface area contributed by atoms with Crippen LogP contribution in [-0.4, -0.2) is 20.7 Å². The van der Waals surface area contributed by atoms with Gasteiger partial charge in [-0.1, -0.05) is 84.2 Å². The maximum atomic E-state index is 13.1. The van der Waals surface area contributed by atoms with Gasteiger partial charge >= 0.3 is 0 Å². The van der Waals surface area contributed by atoms with Gasteiger partial charge in [0.25, 0.3) is 0 Å². The van der Waals surface area contributed by atoms with Crippen LogP contribution in [0, 0.1) is 0 Å². The normalized spacial score (nSPS) is 26.5. The molecule has 1 fully saturated rings.